The van der Waals surface area contributed by atoms with Crippen molar-refractivity contribution in [3.8, 4) is 5.69 Å². The van der Waals surface area contributed by atoms with Crippen molar-refractivity contribution in [2.24, 2.45) is 4.99 Å². The second kappa shape index (κ2) is 5.59. The molecule has 19 heavy (non-hydrogen) atoms. The van der Waals surface area contributed by atoms with Gasteiger partial charge in [0.1, 0.15) is 0 Å². The Morgan fingerprint density at radius 2 is 1.95 bits per heavy atom. The predicted octanol–water partition coefficient (Wildman–Crippen LogP) is 3.08. The fraction of sp³-hybridized carbons (Fsp3) is 0.231. The van der Waals surface area contributed by atoms with Gasteiger partial charge in [-0.2, -0.15) is 4.99 Å². The van der Waals surface area contributed by atoms with Crippen LogP contribution < -0.4 is 4.80 Å². The van der Waals surface area contributed by atoms with Crippen LogP contribution >= 0.6 is 22.9 Å². The third-order valence-electron chi connectivity index (χ3n) is 2.45. The molecular weight excluding hydrogens is 282 g/mol. The van der Waals surface area contributed by atoms with Crippen molar-refractivity contribution < 1.29 is 4.79 Å². The molecule has 2 amide bonds. The van der Waals surface area contributed by atoms with Crippen molar-refractivity contribution in [3.05, 3.63) is 45.2 Å². The quantitative estimate of drug-likeness (QED) is 0.796. The van der Waals surface area contributed by atoms with Crippen LogP contribution in [0.15, 0.2) is 35.5 Å². The second-order valence-corrected chi connectivity index (χ2v) is 5.91. The lowest BCUT2D eigenvalue weighted by molar-refractivity contribution is 0.226. The summed E-state index contributed by atoms with van der Waals surface area (Å²) in [5.41, 5.74) is 0.930. The van der Waals surface area contributed by atoms with E-state index < -0.39 is 0 Å². The van der Waals surface area contributed by atoms with E-state index in [4.69, 9.17) is 11.6 Å². The number of aromatic nitrogens is 1. The molecule has 2 rings (SSSR count). The van der Waals surface area contributed by atoms with Gasteiger partial charge in [0.15, 0.2) is 4.80 Å². The van der Waals surface area contributed by atoms with Crippen molar-refractivity contribution in [2.75, 3.05) is 14.1 Å². The summed E-state index contributed by atoms with van der Waals surface area (Å²) >= 11 is 7.35. The molecule has 1 heterocycles. The largest absolute Gasteiger partial charge is 0.345 e. The maximum absolute atomic E-state index is 11.7. The number of nitrogens with zero attached hydrogens (tertiary/aromatic N) is 3. The summed E-state index contributed by atoms with van der Waals surface area (Å²) in [4.78, 5) is 19.0. The van der Waals surface area contributed by atoms with Crippen LogP contribution in [0.2, 0.25) is 5.02 Å². The zero-order chi connectivity index (χ0) is 14.0. The molecule has 6 heteroatoms. The van der Waals surface area contributed by atoms with Gasteiger partial charge in [-0.3, -0.25) is 4.57 Å². The van der Waals surface area contributed by atoms with Gasteiger partial charge in [-0.25, -0.2) is 4.79 Å². The van der Waals surface area contributed by atoms with Gasteiger partial charge in [0, 0.05) is 35.9 Å². The highest BCUT2D eigenvalue weighted by molar-refractivity contribution is 7.09. The average Bonchev–Trinajstić information content (AvgIpc) is 2.71. The molecule has 0 atom stereocenters. The van der Waals surface area contributed by atoms with Crippen LogP contribution in [0.1, 0.15) is 4.88 Å². The lowest BCUT2D eigenvalue weighted by Gasteiger charge is -2.05. The number of rotatable bonds is 1. The van der Waals surface area contributed by atoms with E-state index in [1.165, 1.54) is 16.2 Å². The molecule has 0 radical (unpaired) electrons. The minimum absolute atomic E-state index is 0.274. The number of urea groups is 1. The molecule has 0 spiro atoms. The topological polar surface area (TPSA) is 37.6 Å². The van der Waals surface area contributed by atoms with Crippen molar-refractivity contribution >= 4 is 29.0 Å². The summed E-state index contributed by atoms with van der Waals surface area (Å²) in [7, 11) is 3.36. The molecule has 2 aromatic rings. The van der Waals surface area contributed by atoms with Crippen molar-refractivity contribution in [2.45, 2.75) is 6.92 Å². The molecule has 0 fully saturated rings. The third kappa shape index (κ3) is 3.24. The molecule has 0 aliphatic rings. The minimum atomic E-state index is -0.274. The highest BCUT2D eigenvalue weighted by Crippen LogP contribution is 2.14. The standard InChI is InChI=1S/C13H14ClN3OS/c1-9-8-17(11-6-4-10(14)5-7-11)13(19-9)15-12(18)16(2)3/h4-8H,1-3H3. The molecule has 100 valence electrons. The number of halogens is 1. The number of carbonyl (C=O) groups excluding carboxylic acids is 1. The van der Waals surface area contributed by atoms with Crippen LogP contribution in [-0.2, 0) is 0 Å². The third-order valence-corrected chi connectivity index (χ3v) is 3.60. The number of benzene rings is 1. The number of aryl methyl sites for hydroxylation is 1. The number of hydrogen-bond donors (Lipinski definition) is 0. The fourth-order valence-electron chi connectivity index (χ4n) is 1.50. The second-order valence-electron chi connectivity index (χ2n) is 4.26. The predicted molar refractivity (Wildman–Crippen MR) is 78.0 cm³/mol. The van der Waals surface area contributed by atoms with Crippen LogP contribution in [0, 0.1) is 6.92 Å². The Morgan fingerprint density at radius 3 is 2.53 bits per heavy atom. The minimum Gasteiger partial charge on any atom is -0.329 e. The summed E-state index contributed by atoms with van der Waals surface area (Å²) < 4.78 is 1.89. The molecule has 0 unspecified atom stereocenters. The van der Waals surface area contributed by atoms with Crippen LogP contribution in [0.4, 0.5) is 4.79 Å². The number of amides is 2. The zero-order valence-corrected chi connectivity index (χ0v) is 12.5. The van der Waals surface area contributed by atoms with Crippen molar-refractivity contribution in [3.63, 3.8) is 0 Å². The van der Waals surface area contributed by atoms with Gasteiger partial charge in [0.25, 0.3) is 0 Å². The van der Waals surface area contributed by atoms with Crippen LogP contribution in [-0.4, -0.2) is 29.6 Å². The van der Waals surface area contributed by atoms with Crippen molar-refractivity contribution in [1.29, 1.82) is 0 Å². The SMILES string of the molecule is Cc1cn(-c2ccc(Cl)cc2)c(=NC(=O)N(C)C)s1. The summed E-state index contributed by atoms with van der Waals surface area (Å²) in [6.45, 7) is 1.98. The Balaban J connectivity index is 2.53. The lowest BCUT2D eigenvalue weighted by Crippen LogP contribution is -2.22. The summed E-state index contributed by atoms with van der Waals surface area (Å²) in [5, 5.41) is 0.680. The fourth-order valence-corrected chi connectivity index (χ4v) is 2.45. The van der Waals surface area contributed by atoms with Gasteiger partial charge in [-0.15, -0.1) is 11.3 Å². The van der Waals surface area contributed by atoms with E-state index in [1.54, 1.807) is 14.1 Å². The smallest absolute Gasteiger partial charge is 0.329 e. The zero-order valence-electron chi connectivity index (χ0n) is 10.9. The number of hydrogen-bond acceptors (Lipinski definition) is 2. The maximum Gasteiger partial charge on any atom is 0.345 e. The number of carbonyl (C=O) groups is 1. The van der Waals surface area contributed by atoms with E-state index in [1.807, 2.05) is 42.0 Å². The van der Waals surface area contributed by atoms with Crippen LogP contribution in [0.5, 0.6) is 0 Å². The van der Waals surface area contributed by atoms with E-state index in [2.05, 4.69) is 4.99 Å². The summed E-state index contributed by atoms with van der Waals surface area (Å²) in [6, 6.07) is 7.15. The van der Waals surface area contributed by atoms with E-state index in [0.717, 1.165) is 10.6 Å². The normalized spacial score (nSPS) is 11.7. The van der Waals surface area contributed by atoms with Gasteiger partial charge < -0.3 is 4.90 Å². The van der Waals surface area contributed by atoms with Crippen LogP contribution in [0.25, 0.3) is 5.69 Å². The first-order chi connectivity index (χ1) is 8.97. The van der Waals surface area contributed by atoms with E-state index >= 15 is 0 Å². The van der Waals surface area contributed by atoms with Gasteiger partial charge in [0.05, 0.1) is 0 Å². The van der Waals surface area contributed by atoms with Gasteiger partial charge >= 0.3 is 6.03 Å². The molecule has 0 saturated carbocycles. The van der Waals surface area contributed by atoms with E-state index in [0.29, 0.717) is 9.82 Å². The van der Waals surface area contributed by atoms with Gasteiger partial charge in [-0.05, 0) is 31.2 Å². The Kier molecular flexibility index (Phi) is 4.07. The number of thiazole rings is 1. The first-order valence-electron chi connectivity index (χ1n) is 5.68. The Labute approximate surface area is 120 Å². The molecule has 1 aromatic carbocycles. The molecule has 0 N–H and O–H groups in total. The monoisotopic (exact) mass is 295 g/mol. The van der Waals surface area contributed by atoms with Crippen molar-refractivity contribution in [1.82, 2.24) is 9.47 Å². The summed E-state index contributed by atoms with van der Waals surface area (Å²) in [5.74, 6) is 0. The van der Waals surface area contributed by atoms with Crippen LogP contribution in [0.3, 0.4) is 0 Å². The Morgan fingerprint density at radius 1 is 1.32 bits per heavy atom. The molecule has 0 saturated heterocycles. The lowest BCUT2D eigenvalue weighted by atomic mass is 10.3. The first-order valence-corrected chi connectivity index (χ1v) is 6.88. The molecule has 0 bridgehead atoms. The summed E-state index contributed by atoms with van der Waals surface area (Å²) in [6.07, 6.45) is 1.95. The first kappa shape index (κ1) is 13.8. The Bertz CT molecular complexity index is 655. The van der Waals surface area contributed by atoms with E-state index in [9.17, 15) is 4.79 Å². The maximum atomic E-state index is 11.7. The molecule has 0 aliphatic heterocycles. The van der Waals surface area contributed by atoms with Gasteiger partial charge in [-0.1, -0.05) is 11.6 Å². The van der Waals surface area contributed by atoms with Gasteiger partial charge in [0.2, 0.25) is 0 Å². The molecule has 0 aliphatic carbocycles. The average molecular weight is 296 g/mol. The Hall–Kier alpha value is -1.59. The molecular formula is C13H14ClN3OS. The molecule has 4 nitrogen and oxygen atoms in total. The molecule has 1 aromatic heterocycles. The highest BCUT2D eigenvalue weighted by Gasteiger charge is 2.06. The highest BCUT2D eigenvalue weighted by atomic mass is 35.5. The van der Waals surface area contributed by atoms with E-state index in [-0.39, 0.29) is 6.03 Å².